The molecule has 18 heavy (non-hydrogen) atoms. The van der Waals surface area contributed by atoms with Gasteiger partial charge < -0.3 is 15.0 Å². The van der Waals surface area contributed by atoms with E-state index in [0.717, 1.165) is 56.7 Å². The van der Waals surface area contributed by atoms with E-state index >= 15 is 0 Å². The van der Waals surface area contributed by atoms with E-state index in [9.17, 15) is 0 Å². The summed E-state index contributed by atoms with van der Waals surface area (Å²) in [6.07, 6.45) is 2.33. The minimum absolute atomic E-state index is 0.730. The molecule has 0 aliphatic carbocycles. The third-order valence-corrected chi connectivity index (χ3v) is 3.36. The second-order valence-corrected chi connectivity index (χ2v) is 4.85. The lowest BCUT2D eigenvalue weighted by atomic mass is 10.00. The second kappa shape index (κ2) is 6.59. The van der Waals surface area contributed by atoms with E-state index in [2.05, 4.69) is 41.3 Å². The van der Waals surface area contributed by atoms with Crippen LogP contribution in [0.3, 0.4) is 0 Å². The Labute approximate surface area is 109 Å². The third-order valence-electron chi connectivity index (χ3n) is 3.36. The fourth-order valence-corrected chi connectivity index (χ4v) is 2.33. The summed E-state index contributed by atoms with van der Waals surface area (Å²) >= 11 is 0. The summed E-state index contributed by atoms with van der Waals surface area (Å²) in [5.74, 6) is 2.72. The van der Waals surface area contributed by atoms with Crippen LogP contribution in [0.25, 0.3) is 0 Å². The van der Waals surface area contributed by atoms with Gasteiger partial charge in [-0.25, -0.2) is 4.98 Å². The lowest BCUT2D eigenvalue weighted by Gasteiger charge is -2.28. The lowest BCUT2D eigenvalue weighted by Crippen LogP contribution is -2.30. The van der Waals surface area contributed by atoms with Crippen molar-refractivity contribution in [3.05, 3.63) is 18.2 Å². The Balaban J connectivity index is 1.94. The second-order valence-electron chi connectivity index (χ2n) is 4.85. The zero-order chi connectivity index (χ0) is 12.8. The summed E-state index contributed by atoms with van der Waals surface area (Å²) in [5.41, 5.74) is 0. The van der Waals surface area contributed by atoms with Gasteiger partial charge >= 0.3 is 0 Å². The molecule has 4 heteroatoms. The number of nitrogens with one attached hydrogen (secondary N) is 1. The van der Waals surface area contributed by atoms with E-state index in [1.807, 2.05) is 6.07 Å². The maximum Gasteiger partial charge on any atom is 0.130 e. The van der Waals surface area contributed by atoms with Gasteiger partial charge in [0.1, 0.15) is 11.6 Å². The number of rotatable bonds is 5. The number of aromatic nitrogens is 1. The summed E-state index contributed by atoms with van der Waals surface area (Å²) in [4.78, 5) is 6.86. The molecule has 4 nitrogen and oxygen atoms in total. The Morgan fingerprint density at radius 1 is 1.39 bits per heavy atom. The fraction of sp³-hybridized carbons (Fsp3) is 0.643. The monoisotopic (exact) mass is 249 g/mol. The van der Waals surface area contributed by atoms with Crippen molar-refractivity contribution >= 4 is 11.6 Å². The molecule has 0 atom stereocenters. The van der Waals surface area contributed by atoms with Gasteiger partial charge in [-0.15, -0.1) is 0 Å². The van der Waals surface area contributed by atoms with Gasteiger partial charge in [-0.2, -0.15) is 0 Å². The largest absolute Gasteiger partial charge is 0.381 e. The summed E-state index contributed by atoms with van der Waals surface area (Å²) in [6, 6.07) is 6.14. The summed E-state index contributed by atoms with van der Waals surface area (Å²) < 4.78 is 5.39. The van der Waals surface area contributed by atoms with Gasteiger partial charge in [0.2, 0.25) is 0 Å². The first-order valence-electron chi connectivity index (χ1n) is 6.79. The zero-order valence-corrected chi connectivity index (χ0v) is 11.4. The van der Waals surface area contributed by atoms with Gasteiger partial charge in [-0.1, -0.05) is 6.07 Å². The molecule has 1 saturated heterocycles. The van der Waals surface area contributed by atoms with Crippen LogP contribution in [0.5, 0.6) is 0 Å². The van der Waals surface area contributed by atoms with Crippen molar-refractivity contribution in [3.8, 4) is 0 Å². The molecule has 0 bridgehead atoms. The molecule has 0 saturated carbocycles. The van der Waals surface area contributed by atoms with E-state index in [-0.39, 0.29) is 0 Å². The smallest absolute Gasteiger partial charge is 0.130 e. The first-order chi connectivity index (χ1) is 8.79. The highest BCUT2D eigenvalue weighted by molar-refractivity contribution is 5.46. The van der Waals surface area contributed by atoms with Crippen LogP contribution >= 0.6 is 0 Å². The average Bonchev–Trinajstić information content (AvgIpc) is 2.40. The van der Waals surface area contributed by atoms with Gasteiger partial charge in [0.25, 0.3) is 0 Å². The Hall–Kier alpha value is -1.29. The van der Waals surface area contributed by atoms with Crippen LogP contribution in [-0.4, -0.2) is 38.3 Å². The van der Waals surface area contributed by atoms with Crippen molar-refractivity contribution in [2.24, 2.45) is 5.92 Å². The molecule has 1 aliphatic rings. The fourth-order valence-electron chi connectivity index (χ4n) is 2.33. The molecule has 1 fully saturated rings. The summed E-state index contributed by atoms with van der Waals surface area (Å²) in [5, 5.41) is 3.25. The van der Waals surface area contributed by atoms with Gasteiger partial charge in [0.05, 0.1) is 0 Å². The standard InChI is InChI=1S/C14H23N3O/c1-3-15-13-5-4-6-14(16-13)17(2)11-12-7-9-18-10-8-12/h4-6,12H,3,7-11H2,1-2H3,(H,15,16). The third kappa shape index (κ3) is 3.60. The first-order valence-corrected chi connectivity index (χ1v) is 6.79. The van der Waals surface area contributed by atoms with Crippen LogP contribution in [0.15, 0.2) is 18.2 Å². The summed E-state index contributed by atoms with van der Waals surface area (Å²) in [6.45, 7) is 5.86. The van der Waals surface area contributed by atoms with Crippen molar-refractivity contribution in [3.63, 3.8) is 0 Å². The highest BCUT2D eigenvalue weighted by Gasteiger charge is 2.16. The Kier molecular flexibility index (Phi) is 4.81. The summed E-state index contributed by atoms with van der Waals surface area (Å²) in [7, 11) is 2.12. The minimum Gasteiger partial charge on any atom is -0.381 e. The Bertz CT molecular complexity index is 364. The molecule has 1 aliphatic heterocycles. The minimum atomic E-state index is 0.730. The molecular formula is C14H23N3O. The number of nitrogens with zero attached hydrogens (tertiary/aromatic N) is 2. The van der Waals surface area contributed by atoms with Gasteiger partial charge in [0.15, 0.2) is 0 Å². The van der Waals surface area contributed by atoms with Gasteiger partial charge in [0, 0.05) is 33.4 Å². The SMILES string of the molecule is CCNc1cccc(N(C)CC2CCOCC2)n1. The van der Waals surface area contributed by atoms with Crippen molar-refractivity contribution in [1.82, 2.24) is 4.98 Å². The van der Waals surface area contributed by atoms with Gasteiger partial charge in [-0.05, 0) is 37.8 Å². The molecule has 1 aromatic rings. The predicted molar refractivity (Wildman–Crippen MR) is 75.2 cm³/mol. The predicted octanol–water partition coefficient (Wildman–Crippen LogP) is 2.38. The lowest BCUT2D eigenvalue weighted by molar-refractivity contribution is 0.0685. The van der Waals surface area contributed by atoms with Crippen LogP contribution in [0.1, 0.15) is 19.8 Å². The van der Waals surface area contributed by atoms with Crippen molar-refractivity contribution in [2.75, 3.05) is 43.6 Å². The van der Waals surface area contributed by atoms with Crippen molar-refractivity contribution in [2.45, 2.75) is 19.8 Å². The Morgan fingerprint density at radius 3 is 2.89 bits per heavy atom. The molecule has 2 heterocycles. The average molecular weight is 249 g/mol. The molecular weight excluding hydrogens is 226 g/mol. The molecule has 2 rings (SSSR count). The van der Waals surface area contributed by atoms with E-state index in [4.69, 9.17) is 4.74 Å². The van der Waals surface area contributed by atoms with Gasteiger partial charge in [-0.3, -0.25) is 0 Å². The van der Waals surface area contributed by atoms with Crippen LogP contribution < -0.4 is 10.2 Å². The quantitative estimate of drug-likeness (QED) is 0.869. The molecule has 0 spiro atoms. The normalized spacial score (nSPS) is 16.6. The zero-order valence-electron chi connectivity index (χ0n) is 11.4. The number of ether oxygens (including phenoxy) is 1. The number of pyridine rings is 1. The van der Waals surface area contributed by atoms with E-state index < -0.39 is 0 Å². The van der Waals surface area contributed by atoms with Crippen molar-refractivity contribution < 1.29 is 4.74 Å². The molecule has 1 N–H and O–H groups in total. The highest BCUT2D eigenvalue weighted by Crippen LogP contribution is 2.19. The molecule has 0 aromatic carbocycles. The van der Waals surface area contributed by atoms with Crippen LogP contribution in [0.2, 0.25) is 0 Å². The van der Waals surface area contributed by atoms with E-state index in [1.165, 1.54) is 0 Å². The van der Waals surface area contributed by atoms with Crippen molar-refractivity contribution in [1.29, 1.82) is 0 Å². The topological polar surface area (TPSA) is 37.4 Å². The molecule has 100 valence electrons. The first kappa shape index (κ1) is 13.1. The molecule has 0 unspecified atom stereocenters. The van der Waals surface area contributed by atoms with Crippen LogP contribution in [-0.2, 0) is 4.74 Å². The highest BCUT2D eigenvalue weighted by atomic mass is 16.5. The maximum atomic E-state index is 5.39. The van der Waals surface area contributed by atoms with E-state index in [0.29, 0.717) is 0 Å². The molecule has 0 radical (unpaired) electrons. The number of hydrogen-bond acceptors (Lipinski definition) is 4. The van der Waals surface area contributed by atoms with Crippen LogP contribution in [0.4, 0.5) is 11.6 Å². The number of hydrogen-bond donors (Lipinski definition) is 1. The number of anilines is 2. The molecule has 1 aromatic heterocycles. The molecule has 0 amide bonds. The van der Waals surface area contributed by atoms with Crippen LogP contribution in [0, 0.1) is 5.92 Å². The van der Waals surface area contributed by atoms with E-state index in [1.54, 1.807) is 0 Å². The Morgan fingerprint density at radius 2 is 2.17 bits per heavy atom. The maximum absolute atomic E-state index is 5.39.